The second kappa shape index (κ2) is 5.71. The SMILES string of the molecule is NC(=O)n1c[c]c(-c2nc3c(=O)n(Cc4ccccc4)ncc3[nH]2)n1. The summed E-state index contributed by atoms with van der Waals surface area (Å²) in [4.78, 5) is 30.9. The third-order valence-electron chi connectivity index (χ3n) is 3.65. The summed E-state index contributed by atoms with van der Waals surface area (Å²) in [5.41, 5.74) is 6.78. The van der Waals surface area contributed by atoms with Gasteiger partial charge in [-0.3, -0.25) is 4.79 Å². The molecular formula is C16H12N7O2. The van der Waals surface area contributed by atoms with E-state index in [0.717, 1.165) is 10.2 Å². The number of rotatable bonds is 3. The predicted molar refractivity (Wildman–Crippen MR) is 88.7 cm³/mol. The first kappa shape index (κ1) is 14.8. The van der Waals surface area contributed by atoms with Crippen LogP contribution in [0.1, 0.15) is 5.56 Å². The minimum atomic E-state index is -0.731. The monoisotopic (exact) mass is 334 g/mol. The lowest BCUT2D eigenvalue weighted by atomic mass is 10.2. The molecule has 0 bridgehead atoms. The molecule has 0 aliphatic carbocycles. The molecule has 0 atom stereocenters. The fraction of sp³-hybridized carbons (Fsp3) is 0.0625. The molecule has 0 saturated carbocycles. The Kier molecular flexibility index (Phi) is 3.38. The molecule has 0 saturated heterocycles. The van der Waals surface area contributed by atoms with E-state index in [1.165, 1.54) is 17.1 Å². The molecule has 4 aromatic rings. The molecular weight excluding hydrogens is 322 g/mol. The van der Waals surface area contributed by atoms with E-state index >= 15 is 0 Å². The molecule has 0 unspecified atom stereocenters. The van der Waals surface area contributed by atoms with E-state index in [4.69, 9.17) is 5.73 Å². The molecule has 3 aromatic heterocycles. The molecule has 1 aromatic carbocycles. The van der Waals surface area contributed by atoms with Crippen molar-refractivity contribution in [2.45, 2.75) is 6.54 Å². The van der Waals surface area contributed by atoms with Gasteiger partial charge in [0.05, 0.1) is 18.3 Å². The Labute approximate surface area is 140 Å². The number of carbonyl (C=O) groups excluding carboxylic acids is 1. The van der Waals surface area contributed by atoms with Gasteiger partial charge in [-0.05, 0) is 5.56 Å². The predicted octanol–water partition coefficient (Wildman–Crippen LogP) is 0.758. The third-order valence-corrected chi connectivity index (χ3v) is 3.65. The maximum atomic E-state index is 12.6. The zero-order valence-corrected chi connectivity index (χ0v) is 12.9. The number of benzene rings is 1. The lowest BCUT2D eigenvalue weighted by molar-refractivity contribution is 0.248. The van der Waals surface area contributed by atoms with Gasteiger partial charge in [-0.25, -0.2) is 14.5 Å². The first-order valence-corrected chi connectivity index (χ1v) is 7.39. The van der Waals surface area contributed by atoms with Gasteiger partial charge in [-0.1, -0.05) is 30.3 Å². The van der Waals surface area contributed by atoms with Crippen molar-refractivity contribution in [3.63, 3.8) is 0 Å². The number of aromatic nitrogens is 6. The maximum absolute atomic E-state index is 12.6. The van der Waals surface area contributed by atoms with E-state index in [2.05, 4.69) is 26.2 Å². The van der Waals surface area contributed by atoms with Crippen molar-refractivity contribution in [1.29, 1.82) is 0 Å². The summed E-state index contributed by atoms with van der Waals surface area (Å²) in [6.45, 7) is 0.347. The number of imidazole rings is 1. The molecule has 0 spiro atoms. The molecule has 0 fully saturated rings. The summed E-state index contributed by atoms with van der Waals surface area (Å²) in [7, 11) is 0. The second-order valence-electron chi connectivity index (χ2n) is 5.35. The van der Waals surface area contributed by atoms with Crippen molar-refractivity contribution < 1.29 is 4.79 Å². The van der Waals surface area contributed by atoms with Crippen molar-refractivity contribution in [3.05, 3.63) is 64.7 Å². The molecule has 1 amide bonds. The number of nitrogens with two attached hydrogens (primary N) is 1. The van der Waals surface area contributed by atoms with Crippen LogP contribution in [0.4, 0.5) is 4.79 Å². The molecule has 25 heavy (non-hydrogen) atoms. The molecule has 3 N–H and O–H groups in total. The number of nitrogens with zero attached hydrogens (tertiary/aromatic N) is 5. The third kappa shape index (κ3) is 2.67. The molecule has 0 aliphatic heterocycles. The number of aromatic amines is 1. The standard InChI is InChI=1S/C16H12N7O2/c17-16(25)22-7-6-11(21-22)14-19-12-8-18-23(15(24)13(12)20-14)9-10-4-2-1-3-5-10/h1-5,7-8H,9H2,(H2,17,25)(H,19,20). The molecule has 0 aliphatic rings. The first-order chi connectivity index (χ1) is 12.1. The van der Waals surface area contributed by atoms with E-state index < -0.39 is 6.03 Å². The summed E-state index contributed by atoms with van der Waals surface area (Å²) in [5, 5.41) is 8.12. The Morgan fingerprint density at radius 2 is 2.08 bits per heavy atom. The van der Waals surface area contributed by atoms with Crippen LogP contribution in [0.15, 0.2) is 47.5 Å². The highest BCUT2D eigenvalue weighted by atomic mass is 16.2. The molecule has 123 valence electrons. The van der Waals surface area contributed by atoms with Crippen LogP contribution in [0.3, 0.4) is 0 Å². The number of hydrogen-bond acceptors (Lipinski definition) is 5. The number of nitrogens with one attached hydrogen (secondary N) is 1. The normalized spacial score (nSPS) is 11.0. The van der Waals surface area contributed by atoms with Gasteiger partial charge in [-0.15, -0.1) is 0 Å². The zero-order chi connectivity index (χ0) is 17.4. The van der Waals surface area contributed by atoms with Crippen LogP contribution < -0.4 is 11.3 Å². The van der Waals surface area contributed by atoms with Gasteiger partial charge in [0.15, 0.2) is 11.3 Å². The molecule has 4 rings (SSSR count). The van der Waals surface area contributed by atoms with Gasteiger partial charge in [0.2, 0.25) is 0 Å². The smallest absolute Gasteiger partial charge is 0.339 e. The van der Waals surface area contributed by atoms with Gasteiger partial charge < -0.3 is 10.7 Å². The van der Waals surface area contributed by atoms with E-state index in [1.54, 1.807) is 0 Å². The summed E-state index contributed by atoms with van der Waals surface area (Å²) in [6.07, 6.45) is 2.83. The average molecular weight is 334 g/mol. The van der Waals surface area contributed by atoms with Crippen molar-refractivity contribution in [1.82, 2.24) is 29.5 Å². The van der Waals surface area contributed by atoms with Gasteiger partial charge in [0.25, 0.3) is 5.56 Å². The summed E-state index contributed by atoms with van der Waals surface area (Å²) >= 11 is 0. The van der Waals surface area contributed by atoms with Gasteiger partial charge in [0.1, 0.15) is 5.69 Å². The Bertz CT molecular complexity index is 1120. The summed E-state index contributed by atoms with van der Waals surface area (Å²) < 4.78 is 2.28. The van der Waals surface area contributed by atoms with Gasteiger partial charge >= 0.3 is 6.03 Å². The summed E-state index contributed by atoms with van der Waals surface area (Å²) in [6, 6.07) is 11.6. The van der Waals surface area contributed by atoms with E-state index in [-0.39, 0.29) is 16.8 Å². The molecule has 9 nitrogen and oxygen atoms in total. The van der Waals surface area contributed by atoms with Crippen LogP contribution >= 0.6 is 0 Å². The van der Waals surface area contributed by atoms with Crippen LogP contribution in [-0.2, 0) is 6.54 Å². The van der Waals surface area contributed by atoms with Crippen LogP contribution in [0.25, 0.3) is 22.6 Å². The molecule has 9 heteroatoms. The van der Waals surface area contributed by atoms with E-state index in [0.29, 0.717) is 17.9 Å². The second-order valence-corrected chi connectivity index (χ2v) is 5.35. The molecule has 1 radical (unpaired) electrons. The number of fused-ring (bicyclic) bond motifs is 1. The zero-order valence-electron chi connectivity index (χ0n) is 12.9. The van der Waals surface area contributed by atoms with Crippen LogP contribution in [0.5, 0.6) is 0 Å². The number of H-pyrrole nitrogens is 1. The Hall–Kier alpha value is -3.75. The fourth-order valence-corrected chi connectivity index (χ4v) is 2.44. The van der Waals surface area contributed by atoms with Gasteiger partial charge in [0, 0.05) is 12.3 Å². The van der Waals surface area contributed by atoms with Crippen molar-refractivity contribution in [2.24, 2.45) is 5.73 Å². The maximum Gasteiger partial charge on any atom is 0.339 e. The summed E-state index contributed by atoms with van der Waals surface area (Å²) in [5.74, 6) is 0.311. The van der Waals surface area contributed by atoms with Crippen molar-refractivity contribution in [3.8, 4) is 11.5 Å². The van der Waals surface area contributed by atoms with Crippen LogP contribution in [0.2, 0.25) is 0 Å². The Morgan fingerprint density at radius 3 is 2.80 bits per heavy atom. The Morgan fingerprint density at radius 1 is 1.28 bits per heavy atom. The number of primary amides is 1. The van der Waals surface area contributed by atoms with Gasteiger partial charge in [-0.2, -0.15) is 14.9 Å². The highest BCUT2D eigenvalue weighted by Gasteiger charge is 2.14. The lowest BCUT2D eigenvalue weighted by Crippen LogP contribution is -2.23. The van der Waals surface area contributed by atoms with Crippen molar-refractivity contribution >= 4 is 17.1 Å². The fourth-order valence-electron chi connectivity index (χ4n) is 2.44. The number of carbonyl (C=O) groups is 1. The topological polar surface area (TPSA) is 124 Å². The highest BCUT2D eigenvalue weighted by Crippen LogP contribution is 2.15. The van der Waals surface area contributed by atoms with Crippen molar-refractivity contribution in [2.75, 3.05) is 0 Å². The van der Waals surface area contributed by atoms with Crippen LogP contribution in [-0.4, -0.2) is 35.6 Å². The van der Waals surface area contributed by atoms with E-state index in [9.17, 15) is 9.59 Å². The lowest BCUT2D eigenvalue weighted by Gasteiger charge is -2.03. The van der Waals surface area contributed by atoms with E-state index in [1.807, 2.05) is 30.3 Å². The minimum absolute atomic E-state index is 0.239. The average Bonchev–Trinajstić information content (AvgIpc) is 3.25. The number of hydrogen-bond donors (Lipinski definition) is 2. The Balaban J connectivity index is 1.74. The largest absolute Gasteiger partial charge is 0.350 e. The quantitative estimate of drug-likeness (QED) is 0.572. The number of amides is 1. The minimum Gasteiger partial charge on any atom is -0.350 e. The first-order valence-electron chi connectivity index (χ1n) is 7.39. The van der Waals surface area contributed by atoms with Crippen LogP contribution in [0, 0.1) is 6.07 Å². The highest BCUT2D eigenvalue weighted by molar-refractivity contribution is 5.77. The molecule has 3 heterocycles.